The zero-order valence-electron chi connectivity index (χ0n) is 24.5. The van der Waals surface area contributed by atoms with E-state index in [2.05, 4.69) is 45.7 Å². The van der Waals surface area contributed by atoms with Gasteiger partial charge in [0.2, 0.25) is 11.7 Å². The van der Waals surface area contributed by atoms with E-state index in [9.17, 15) is 9.59 Å². The molecular formula is C33H38N6O4. The van der Waals surface area contributed by atoms with Crippen molar-refractivity contribution >= 4 is 17.4 Å². The highest BCUT2D eigenvalue weighted by molar-refractivity contribution is 6.16. The van der Waals surface area contributed by atoms with Crippen LogP contribution in [0.2, 0.25) is 0 Å². The third kappa shape index (κ3) is 6.03. The molecule has 6 rings (SSSR count). The molecule has 3 heterocycles. The van der Waals surface area contributed by atoms with Crippen molar-refractivity contribution in [3.05, 3.63) is 87.6 Å². The van der Waals surface area contributed by atoms with Gasteiger partial charge in [-0.2, -0.15) is 15.2 Å². The van der Waals surface area contributed by atoms with Gasteiger partial charge in [-0.25, -0.2) is 9.94 Å². The van der Waals surface area contributed by atoms with Crippen molar-refractivity contribution in [1.82, 2.24) is 24.6 Å². The van der Waals surface area contributed by atoms with E-state index in [-0.39, 0.29) is 36.6 Å². The number of aliphatic hydroxyl groups is 1. The molecule has 43 heavy (non-hydrogen) atoms. The number of benzene rings is 2. The Labute approximate surface area is 250 Å². The fourth-order valence-corrected chi connectivity index (χ4v) is 6.39. The number of nitrogens with one attached hydrogen (secondary N) is 1. The standard InChI is InChI=1S/C33H38N6O4/c1-2-7-30-28(19-22-10-15-26(23-8-4-3-5-9-23)27(18-22)29-20-31(41)37-36-29)32(42)38(33-34-21-35-39(30)33)24-11-13-25(14-12-24)43-17-6-16-40/h3-5,8-10,15,18,21,24-25,40H,2,6-7,11-14,16-17,19-20H2,1H3,(H,37,41). The summed E-state index contributed by atoms with van der Waals surface area (Å²) in [5.41, 5.74) is 8.78. The molecule has 0 spiro atoms. The molecule has 1 saturated carbocycles. The lowest BCUT2D eigenvalue weighted by Crippen LogP contribution is -2.35. The maximum absolute atomic E-state index is 14.4. The van der Waals surface area contributed by atoms with Crippen molar-refractivity contribution in [2.75, 3.05) is 13.2 Å². The predicted molar refractivity (Wildman–Crippen MR) is 164 cm³/mol. The fraction of sp³-hybridized carbons (Fsp3) is 0.424. The van der Waals surface area contributed by atoms with E-state index in [1.165, 1.54) is 6.33 Å². The van der Waals surface area contributed by atoms with Gasteiger partial charge in [0.15, 0.2) is 0 Å². The van der Waals surface area contributed by atoms with Gasteiger partial charge in [0.05, 0.1) is 23.9 Å². The number of amides is 1. The highest BCUT2D eigenvalue weighted by atomic mass is 16.5. The summed E-state index contributed by atoms with van der Waals surface area (Å²) >= 11 is 0. The summed E-state index contributed by atoms with van der Waals surface area (Å²) in [7, 11) is 0. The van der Waals surface area contributed by atoms with E-state index in [1.807, 2.05) is 39.4 Å². The summed E-state index contributed by atoms with van der Waals surface area (Å²) < 4.78 is 9.66. The number of carbonyl (C=O) groups excluding carboxylic acids is 1. The van der Waals surface area contributed by atoms with Gasteiger partial charge in [-0.05, 0) is 61.3 Å². The Morgan fingerprint density at radius 3 is 2.58 bits per heavy atom. The fourth-order valence-electron chi connectivity index (χ4n) is 6.39. The summed E-state index contributed by atoms with van der Waals surface area (Å²) in [4.78, 5) is 31.0. The molecule has 10 heteroatoms. The summed E-state index contributed by atoms with van der Waals surface area (Å²) in [5, 5.41) is 18.0. The quantitative estimate of drug-likeness (QED) is 0.256. The van der Waals surface area contributed by atoms with Crippen LogP contribution in [0.25, 0.3) is 16.9 Å². The Hall–Kier alpha value is -4.15. The molecular weight excluding hydrogens is 544 g/mol. The molecule has 2 N–H and O–H groups in total. The van der Waals surface area contributed by atoms with E-state index < -0.39 is 0 Å². The van der Waals surface area contributed by atoms with Crippen LogP contribution >= 0.6 is 0 Å². The minimum atomic E-state index is -0.127. The van der Waals surface area contributed by atoms with Gasteiger partial charge < -0.3 is 9.84 Å². The van der Waals surface area contributed by atoms with E-state index in [4.69, 9.17) is 9.84 Å². The third-order valence-corrected chi connectivity index (χ3v) is 8.48. The van der Waals surface area contributed by atoms with Crippen molar-refractivity contribution in [3.8, 4) is 11.1 Å². The number of ether oxygens (including phenoxy) is 1. The predicted octanol–water partition coefficient (Wildman–Crippen LogP) is 4.21. The minimum Gasteiger partial charge on any atom is -0.396 e. The maximum atomic E-state index is 14.4. The van der Waals surface area contributed by atoms with Crippen molar-refractivity contribution in [3.63, 3.8) is 0 Å². The largest absolute Gasteiger partial charge is 0.396 e. The second-order valence-electron chi connectivity index (χ2n) is 11.4. The third-order valence-electron chi connectivity index (χ3n) is 8.48. The molecule has 1 fully saturated rings. The van der Waals surface area contributed by atoms with Crippen LogP contribution in [0.3, 0.4) is 0 Å². The topological polar surface area (TPSA) is 123 Å². The SMILES string of the molecule is CCCc1c(Cc2ccc(-c3ccccc3)c(C3=NNC(=O)C3)c2)c(=O)n(C2CCC(OCCCO)CC2)c2ncnn12. The number of aryl methyl sites for hydroxylation is 1. The molecule has 0 saturated heterocycles. The number of aliphatic hydroxyl groups excluding tert-OH is 1. The first-order chi connectivity index (χ1) is 21.1. The number of hydrazone groups is 1. The molecule has 2 aromatic carbocycles. The number of carbonyl (C=O) groups is 1. The van der Waals surface area contributed by atoms with Crippen LogP contribution in [-0.4, -0.2) is 55.2 Å². The summed E-state index contributed by atoms with van der Waals surface area (Å²) in [6.45, 7) is 2.78. The van der Waals surface area contributed by atoms with Gasteiger partial charge in [0.25, 0.3) is 5.56 Å². The first kappa shape index (κ1) is 28.9. The molecule has 224 valence electrons. The molecule has 10 nitrogen and oxygen atoms in total. The lowest BCUT2D eigenvalue weighted by atomic mass is 9.91. The highest BCUT2D eigenvalue weighted by Gasteiger charge is 2.28. The number of fused-ring (bicyclic) bond motifs is 1. The Kier molecular flexibility index (Phi) is 8.76. The lowest BCUT2D eigenvalue weighted by molar-refractivity contribution is -0.119. The Morgan fingerprint density at radius 1 is 1.05 bits per heavy atom. The van der Waals surface area contributed by atoms with E-state index in [1.54, 1.807) is 0 Å². The molecule has 2 aromatic heterocycles. The zero-order valence-corrected chi connectivity index (χ0v) is 24.5. The van der Waals surface area contributed by atoms with Crippen LogP contribution in [0.4, 0.5) is 0 Å². The van der Waals surface area contributed by atoms with Gasteiger partial charge >= 0.3 is 0 Å². The Balaban J connectivity index is 1.38. The van der Waals surface area contributed by atoms with Crippen molar-refractivity contribution in [2.24, 2.45) is 5.10 Å². The lowest BCUT2D eigenvalue weighted by Gasteiger charge is -2.30. The summed E-state index contributed by atoms with van der Waals surface area (Å²) in [6.07, 6.45) is 7.87. The first-order valence-corrected chi connectivity index (χ1v) is 15.3. The van der Waals surface area contributed by atoms with Gasteiger partial charge in [-0.15, -0.1) is 0 Å². The van der Waals surface area contributed by atoms with Crippen LogP contribution in [0.15, 0.2) is 64.8 Å². The molecule has 0 unspecified atom stereocenters. The van der Waals surface area contributed by atoms with Gasteiger partial charge in [-0.3, -0.25) is 14.2 Å². The first-order valence-electron chi connectivity index (χ1n) is 15.3. The average Bonchev–Trinajstić information content (AvgIpc) is 3.69. The monoisotopic (exact) mass is 582 g/mol. The van der Waals surface area contributed by atoms with Crippen LogP contribution in [0, 0.1) is 0 Å². The molecule has 1 aliphatic carbocycles. The van der Waals surface area contributed by atoms with Gasteiger partial charge in [0.1, 0.15) is 6.33 Å². The van der Waals surface area contributed by atoms with Crippen LogP contribution < -0.4 is 11.0 Å². The molecule has 0 radical (unpaired) electrons. The van der Waals surface area contributed by atoms with Crippen LogP contribution in [-0.2, 0) is 22.4 Å². The normalized spacial score (nSPS) is 18.7. The average molecular weight is 583 g/mol. The minimum absolute atomic E-state index is 0.00673. The second-order valence-corrected chi connectivity index (χ2v) is 11.4. The Morgan fingerprint density at radius 2 is 1.86 bits per heavy atom. The number of hydrogen-bond donors (Lipinski definition) is 2. The smallest absolute Gasteiger partial charge is 0.259 e. The maximum Gasteiger partial charge on any atom is 0.259 e. The van der Waals surface area contributed by atoms with Crippen molar-refractivity contribution in [1.29, 1.82) is 0 Å². The zero-order chi connectivity index (χ0) is 29.8. The Bertz CT molecular complexity index is 1690. The highest BCUT2D eigenvalue weighted by Crippen LogP contribution is 2.32. The molecule has 4 aromatic rings. The van der Waals surface area contributed by atoms with E-state index in [0.717, 1.165) is 65.6 Å². The van der Waals surface area contributed by atoms with Gasteiger partial charge in [0, 0.05) is 36.8 Å². The van der Waals surface area contributed by atoms with Crippen molar-refractivity contribution < 1.29 is 14.6 Å². The summed E-state index contributed by atoms with van der Waals surface area (Å²) in [5.74, 6) is 0.463. The molecule has 1 aliphatic heterocycles. The van der Waals surface area contributed by atoms with Crippen molar-refractivity contribution in [2.45, 2.75) is 76.9 Å². The molecule has 0 atom stereocenters. The number of rotatable bonds is 11. The van der Waals surface area contributed by atoms with Crippen LogP contribution in [0.5, 0.6) is 0 Å². The summed E-state index contributed by atoms with van der Waals surface area (Å²) in [6, 6.07) is 16.3. The molecule has 2 aliphatic rings. The van der Waals surface area contributed by atoms with E-state index >= 15 is 0 Å². The second kappa shape index (κ2) is 13.0. The van der Waals surface area contributed by atoms with E-state index in [0.29, 0.717) is 37.4 Å². The van der Waals surface area contributed by atoms with Gasteiger partial charge in [-0.1, -0.05) is 55.8 Å². The number of aromatic nitrogens is 4. The molecule has 0 bridgehead atoms. The molecule has 1 amide bonds. The number of nitrogens with zero attached hydrogens (tertiary/aromatic N) is 5. The van der Waals surface area contributed by atoms with Crippen LogP contribution in [0.1, 0.15) is 80.3 Å². The number of hydrogen-bond acceptors (Lipinski definition) is 7.